The third kappa shape index (κ3) is 2.80. The minimum atomic E-state index is 0.880. The van der Waals surface area contributed by atoms with Gasteiger partial charge in [0.05, 0.1) is 14.1 Å². The van der Waals surface area contributed by atoms with E-state index in [0.29, 0.717) is 0 Å². The Morgan fingerprint density at radius 3 is 2.17 bits per heavy atom. The molecule has 2 rings (SSSR count). The van der Waals surface area contributed by atoms with Crippen molar-refractivity contribution in [2.45, 2.75) is 20.4 Å². The second-order valence-electron chi connectivity index (χ2n) is 5.61. The first-order chi connectivity index (χ1) is 8.49. The van der Waals surface area contributed by atoms with Crippen molar-refractivity contribution >= 4 is 5.69 Å². The molecule has 0 aromatic heterocycles. The maximum Gasteiger partial charge on any atom is 0.132 e. The van der Waals surface area contributed by atoms with Gasteiger partial charge in [-0.15, -0.1) is 0 Å². The lowest BCUT2D eigenvalue weighted by molar-refractivity contribution is 0.391. The Hall–Kier alpha value is -1.60. The van der Waals surface area contributed by atoms with E-state index in [9.17, 15) is 0 Å². The van der Waals surface area contributed by atoms with Crippen molar-refractivity contribution in [3.63, 3.8) is 0 Å². The summed E-state index contributed by atoms with van der Waals surface area (Å²) >= 11 is 0. The van der Waals surface area contributed by atoms with Gasteiger partial charge in [0, 0.05) is 5.56 Å². The fourth-order valence-corrected chi connectivity index (χ4v) is 2.37. The number of quaternary nitrogens is 1. The minimum Gasteiger partial charge on any atom is -0.292 e. The van der Waals surface area contributed by atoms with Gasteiger partial charge in [-0.1, -0.05) is 42.0 Å². The predicted molar refractivity (Wildman–Crippen MR) is 79.7 cm³/mol. The molecule has 0 aliphatic heterocycles. The van der Waals surface area contributed by atoms with Crippen LogP contribution in [0.3, 0.4) is 0 Å². The number of nitrogens with zero attached hydrogens (tertiary/aromatic N) is 1. The van der Waals surface area contributed by atoms with Crippen LogP contribution in [0.25, 0.3) is 0 Å². The zero-order valence-electron chi connectivity index (χ0n) is 11.8. The summed E-state index contributed by atoms with van der Waals surface area (Å²) in [7, 11) is 4.52. The van der Waals surface area contributed by atoms with Gasteiger partial charge in [-0.3, -0.25) is 4.48 Å². The van der Waals surface area contributed by atoms with Crippen LogP contribution < -0.4 is 4.48 Å². The Labute approximate surface area is 110 Å². The predicted octanol–water partition coefficient (Wildman–Crippen LogP) is 4.07. The van der Waals surface area contributed by atoms with Gasteiger partial charge in [0.1, 0.15) is 12.2 Å². The number of hydrogen-bond acceptors (Lipinski definition) is 0. The van der Waals surface area contributed by atoms with E-state index in [1.807, 2.05) is 0 Å². The summed E-state index contributed by atoms with van der Waals surface area (Å²) in [6.45, 7) is 5.37. The topological polar surface area (TPSA) is 0 Å². The SMILES string of the molecule is Cc1ccc(C[N+](C)(C)c2ccccc2)c(C)c1. The van der Waals surface area contributed by atoms with Crippen LogP contribution in [0.1, 0.15) is 16.7 Å². The lowest BCUT2D eigenvalue weighted by Crippen LogP contribution is -2.39. The molecule has 0 fully saturated rings. The molecule has 0 amide bonds. The van der Waals surface area contributed by atoms with Gasteiger partial charge in [0.2, 0.25) is 0 Å². The van der Waals surface area contributed by atoms with Crippen LogP contribution in [0.2, 0.25) is 0 Å². The summed E-state index contributed by atoms with van der Waals surface area (Å²) < 4.78 is 0.880. The van der Waals surface area contributed by atoms with Crippen LogP contribution in [0.15, 0.2) is 48.5 Å². The highest BCUT2D eigenvalue weighted by molar-refractivity contribution is 5.43. The van der Waals surface area contributed by atoms with Crippen molar-refractivity contribution in [3.05, 3.63) is 65.2 Å². The maximum atomic E-state index is 2.26. The lowest BCUT2D eigenvalue weighted by atomic mass is 10.0. The Morgan fingerprint density at radius 1 is 0.889 bits per heavy atom. The minimum absolute atomic E-state index is 0.880. The van der Waals surface area contributed by atoms with E-state index in [1.54, 1.807) is 0 Å². The molecule has 0 heterocycles. The highest BCUT2D eigenvalue weighted by Gasteiger charge is 2.19. The summed E-state index contributed by atoms with van der Waals surface area (Å²) in [4.78, 5) is 0. The molecule has 0 bridgehead atoms. The lowest BCUT2D eigenvalue weighted by Gasteiger charge is -2.30. The van der Waals surface area contributed by atoms with E-state index >= 15 is 0 Å². The monoisotopic (exact) mass is 240 g/mol. The number of aryl methyl sites for hydroxylation is 2. The van der Waals surface area contributed by atoms with Crippen molar-refractivity contribution in [3.8, 4) is 0 Å². The molecule has 2 aromatic rings. The summed E-state index contributed by atoms with van der Waals surface area (Å²) in [5, 5.41) is 0. The molecule has 1 nitrogen and oxygen atoms in total. The fourth-order valence-electron chi connectivity index (χ4n) is 2.37. The zero-order chi connectivity index (χ0) is 13.2. The molecule has 0 aliphatic rings. The van der Waals surface area contributed by atoms with Gasteiger partial charge >= 0.3 is 0 Å². The summed E-state index contributed by atoms with van der Waals surface area (Å²) in [6, 6.07) is 17.4. The van der Waals surface area contributed by atoms with Crippen LogP contribution in [-0.4, -0.2) is 14.1 Å². The molecular formula is C17H22N+. The normalized spacial score (nSPS) is 11.6. The molecular weight excluding hydrogens is 218 g/mol. The first kappa shape index (κ1) is 12.8. The molecule has 18 heavy (non-hydrogen) atoms. The smallest absolute Gasteiger partial charge is 0.132 e. The van der Waals surface area contributed by atoms with E-state index in [-0.39, 0.29) is 0 Å². The van der Waals surface area contributed by atoms with Crippen LogP contribution in [0, 0.1) is 13.8 Å². The summed E-state index contributed by atoms with van der Waals surface area (Å²) in [6.07, 6.45) is 0. The van der Waals surface area contributed by atoms with Crippen LogP contribution in [0.5, 0.6) is 0 Å². The van der Waals surface area contributed by atoms with Gasteiger partial charge < -0.3 is 0 Å². The van der Waals surface area contributed by atoms with Crippen LogP contribution in [-0.2, 0) is 6.54 Å². The van der Waals surface area contributed by atoms with Crippen LogP contribution in [0.4, 0.5) is 5.69 Å². The standard InChI is InChI=1S/C17H22N/c1-14-10-11-16(15(2)12-14)13-18(3,4)17-8-6-5-7-9-17/h5-12H,13H2,1-4H3/q+1. The first-order valence-corrected chi connectivity index (χ1v) is 6.44. The van der Waals surface area contributed by atoms with Gasteiger partial charge in [0.15, 0.2) is 0 Å². The molecule has 1 heteroatoms. The summed E-state index contributed by atoms with van der Waals surface area (Å²) in [5.41, 5.74) is 5.49. The molecule has 2 aromatic carbocycles. The molecule has 0 radical (unpaired) electrons. The average Bonchev–Trinajstić information content (AvgIpc) is 2.34. The quantitative estimate of drug-likeness (QED) is 0.709. The van der Waals surface area contributed by atoms with Crippen molar-refractivity contribution in [2.75, 3.05) is 14.1 Å². The Morgan fingerprint density at radius 2 is 1.56 bits per heavy atom. The van der Waals surface area contributed by atoms with Gasteiger partial charge in [-0.25, -0.2) is 0 Å². The molecule has 0 aliphatic carbocycles. The molecule has 0 saturated heterocycles. The zero-order valence-corrected chi connectivity index (χ0v) is 11.8. The Balaban J connectivity index is 2.28. The van der Waals surface area contributed by atoms with Crippen molar-refractivity contribution in [1.29, 1.82) is 0 Å². The Bertz CT molecular complexity index is 527. The summed E-state index contributed by atoms with van der Waals surface area (Å²) in [5.74, 6) is 0. The first-order valence-electron chi connectivity index (χ1n) is 6.44. The van der Waals surface area contributed by atoms with Crippen molar-refractivity contribution < 1.29 is 0 Å². The van der Waals surface area contributed by atoms with E-state index in [2.05, 4.69) is 76.5 Å². The van der Waals surface area contributed by atoms with E-state index < -0.39 is 0 Å². The molecule has 0 saturated carbocycles. The second-order valence-corrected chi connectivity index (χ2v) is 5.61. The number of para-hydroxylation sites is 1. The maximum absolute atomic E-state index is 2.26. The number of hydrogen-bond donors (Lipinski definition) is 0. The van der Waals surface area contributed by atoms with E-state index in [1.165, 1.54) is 22.4 Å². The van der Waals surface area contributed by atoms with E-state index in [0.717, 1.165) is 11.0 Å². The number of rotatable bonds is 3. The third-order valence-corrected chi connectivity index (χ3v) is 3.52. The number of benzene rings is 2. The second kappa shape index (κ2) is 4.95. The fraction of sp³-hybridized carbons (Fsp3) is 0.294. The van der Waals surface area contributed by atoms with Crippen molar-refractivity contribution in [1.82, 2.24) is 4.48 Å². The molecule has 0 atom stereocenters. The highest BCUT2D eigenvalue weighted by atomic mass is 15.3. The van der Waals surface area contributed by atoms with Gasteiger partial charge in [-0.2, -0.15) is 0 Å². The largest absolute Gasteiger partial charge is 0.292 e. The molecule has 94 valence electrons. The Kier molecular flexibility index (Phi) is 3.53. The average molecular weight is 240 g/mol. The van der Waals surface area contributed by atoms with E-state index in [4.69, 9.17) is 0 Å². The molecule has 0 unspecified atom stereocenters. The van der Waals surface area contributed by atoms with Gasteiger partial charge in [0.25, 0.3) is 0 Å². The van der Waals surface area contributed by atoms with Crippen LogP contribution >= 0.6 is 0 Å². The molecule has 0 spiro atoms. The van der Waals surface area contributed by atoms with Gasteiger partial charge in [-0.05, 0) is 31.5 Å². The van der Waals surface area contributed by atoms with Crippen molar-refractivity contribution in [2.24, 2.45) is 0 Å². The third-order valence-electron chi connectivity index (χ3n) is 3.52. The molecule has 0 N–H and O–H groups in total. The highest BCUT2D eigenvalue weighted by Crippen LogP contribution is 2.23.